The van der Waals surface area contributed by atoms with Crippen LogP contribution >= 0.6 is 0 Å². The number of carboxylic acids is 1. The number of likely N-dealkylation sites (N-methyl/N-ethyl adjacent to an activating group) is 1. The van der Waals surface area contributed by atoms with Gasteiger partial charge in [0.2, 0.25) is 0 Å². The first-order valence-corrected chi connectivity index (χ1v) is 6.10. The van der Waals surface area contributed by atoms with Gasteiger partial charge in [-0.2, -0.15) is 0 Å². The number of carbonyl (C=O) groups is 1. The molecule has 2 N–H and O–H groups in total. The molecule has 0 rings (SSSR count). The highest BCUT2D eigenvalue weighted by Gasteiger charge is 2.26. The molecule has 0 spiro atoms. The topological polar surface area (TPSA) is 52.6 Å². The summed E-state index contributed by atoms with van der Waals surface area (Å²) in [6, 6.07) is 0. The molecule has 0 aliphatic carbocycles. The van der Waals surface area contributed by atoms with Gasteiger partial charge in [0, 0.05) is 19.6 Å². The molecular weight excluding hydrogens is 204 g/mol. The van der Waals surface area contributed by atoms with Crippen molar-refractivity contribution < 1.29 is 9.90 Å². The third-order valence-corrected chi connectivity index (χ3v) is 2.74. The zero-order chi connectivity index (χ0) is 12.6. The molecular formula is C12H26N2O2. The van der Waals surface area contributed by atoms with Crippen molar-refractivity contribution in [2.45, 2.75) is 34.1 Å². The van der Waals surface area contributed by atoms with E-state index in [-0.39, 0.29) is 0 Å². The zero-order valence-electron chi connectivity index (χ0n) is 11.0. The van der Waals surface area contributed by atoms with E-state index in [1.165, 1.54) is 0 Å². The first-order chi connectivity index (χ1) is 7.44. The van der Waals surface area contributed by atoms with Gasteiger partial charge in [-0.05, 0) is 33.4 Å². The van der Waals surface area contributed by atoms with Gasteiger partial charge in [-0.25, -0.2) is 0 Å². The predicted octanol–water partition coefficient (Wildman–Crippen LogP) is 1.42. The van der Waals surface area contributed by atoms with Crippen LogP contribution in [0.4, 0.5) is 0 Å². The normalized spacial score (nSPS) is 12.1. The van der Waals surface area contributed by atoms with E-state index in [9.17, 15) is 4.79 Å². The van der Waals surface area contributed by atoms with Crippen molar-refractivity contribution >= 4 is 5.97 Å². The van der Waals surface area contributed by atoms with E-state index in [2.05, 4.69) is 24.1 Å². The molecule has 0 saturated heterocycles. The Morgan fingerprint density at radius 1 is 1.31 bits per heavy atom. The summed E-state index contributed by atoms with van der Waals surface area (Å²) in [6.07, 6.45) is 1.16. The maximum Gasteiger partial charge on any atom is 0.310 e. The highest BCUT2D eigenvalue weighted by atomic mass is 16.4. The van der Waals surface area contributed by atoms with Crippen molar-refractivity contribution in [3.63, 3.8) is 0 Å². The van der Waals surface area contributed by atoms with Crippen molar-refractivity contribution in [3.8, 4) is 0 Å². The van der Waals surface area contributed by atoms with Crippen LogP contribution in [0.3, 0.4) is 0 Å². The van der Waals surface area contributed by atoms with Gasteiger partial charge in [0.05, 0.1) is 5.41 Å². The Balaban J connectivity index is 3.70. The molecule has 0 amide bonds. The lowest BCUT2D eigenvalue weighted by Gasteiger charge is -2.22. The fraction of sp³-hybridized carbons (Fsp3) is 0.917. The van der Waals surface area contributed by atoms with Crippen molar-refractivity contribution in [1.82, 2.24) is 10.2 Å². The summed E-state index contributed by atoms with van der Waals surface area (Å²) in [5.74, 6) is -0.749. The third kappa shape index (κ3) is 6.08. The van der Waals surface area contributed by atoms with Crippen LogP contribution < -0.4 is 5.32 Å². The summed E-state index contributed by atoms with van der Waals surface area (Å²) in [7, 11) is 0. The van der Waals surface area contributed by atoms with Crippen LogP contribution in [0.2, 0.25) is 0 Å². The molecule has 0 aromatic rings. The van der Waals surface area contributed by atoms with Gasteiger partial charge in [-0.15, -0.1) is 0 Å². The Labute approximate surface area is 99.0 Å². The number of rotatable bonds is 9. The van der Waals surface area contributed by atoms with E-state index in [0.29, 0.717) is 6.54 Å². The second-order valence-electron chi connectivity index (χ2n) is 4.80. The summed E-state index contributed by atoms with van der Waals surface area (Å²) in [5, 5.41) is 12.1. The summed E-state index contributed by atoms with van der Waals surface area (Å²) >= 11 is 0. The van der Waals surface area contributed by atoms with E-state index < -0.39 is 11.4 Å². The predicted molar refractivity (Wildman–Crippen MR) is 66.7 cm³/mol. The van der Waals surface area contributed by atoms with Gasteiger partial charge in [-0.3, -0.25) is 4.79 Å². The first kappa shape index (κ1) is 15.4. The molecule has 0 saturated carbocycles. The molecule has 0 heterocycles. The summed E-state index contributed by atoms with van der Waals surface area (Å²) < 4.78 is 0. The highest BCUT2D eigenvalue weighted by molar-refractivity contribution is 5.73. The maximum atomic E-state index is 10.9. The molecule has 0 aromatic carbocycles. The lowest BCUT2D eigenvalue weighted by Crippen LogP contribution is -2.39. The standard InChI is InChI=1S/C12H26N2O2/c1-5-8-14(6-2)9-7-13-10-12(3,4)11(15)16/h13H,5-10H2,1-4H3,(H,15,16). The van der Waals surface area contributed by atoms with Crippen LogP contribution in [0.15, 0.2) is 0 Å². The van der Waals surface area contributed by atoms with E-state index in [1.807, 2.05) is 0 Å². The van der Waals surface area contributed by atoms with Crippen LogP contribution in [0.25, 0.3) is 0 Å². The average Bonchev–Trinajstić information content (AvgIpc) is 2.22. The minimum atomic E-state index is -0.749. The molecule has 0 aliphatic heterocycles. The van der Waals surface area contributed by atoms with E-state index in [0.717, 1.165) is 32.6 Å². The quantitative estimate of drug-likeness (QED) is 0.588. The SMILES string of the molecule is CCCN(CC)CCNCC(C)(C)C(=O)O. The molecule has 0 aliphatic rings. The molecule has 0 fully saturated rings. The zero-order valence-corrected chi connectivity index (χ0v) is 11.0. The average molecular weight is 230 g/mol. The monoisotopic (exact) mass is 230 g/mol. The van der Waals surface area contributed by atoms with Crippen LogP contribution in [-0.2, 0) is 4.79 Å². The minimum Gasteiger partial charge on any atom is -0.481 e. The molecule has 4 nitrogen and oxygen atoms in total. The molecule has 0 radical (unpaired) electrons. The largest absolute Gasteiger partial charge is 0.481 e. The molecule has 16 heavy (non-hydrogen) atoms. The minimum absolute atomic E-state index is 0.520. The number of hydrogen-bond donors (Lipinski definition) is 2. The molecule has 0 aromatic heterocycles. The Hall–Kier alpha value is -0.610. The van der Waals surface area contributed by atoms with Crippen molar-refractivity contribution in [2.24, 2.45) is 5.41 Å². The Bertz CT molecular complexity index is 205. The Morgan fingerprint density at radius 2 is 1.94 bits per heavy atom. The smallest absolute Gasteiger partial charge is 0.310 e. The lowest BCUT2D eigenvalue weighted by molar-refractivity contribution is -0.146. The van der Waals surface area contributed by atoms with Crippen molar-refractivity contribution in [1.29, 1.82) is 0 Å². The van der Waals surface area contributed by atoms with Crippen molar-refractivity contribution in [2.75, 3.05) is 32.7 Å². The van der Waals surface area contributed by atoms with E-state index in [1.54, 1.807) is 13.8 Å². The summed E-state index contributed by atoms with van der Waals surface area (Å²) in [6.45, 7) is 12.3. The van der Waals surface area contributed by atoms with Gasteiger partial charge >= 0.3 is 5.97 Å². The number of nitrogens with one attached hydrogen (secondary N) is 1. The molecule has 4 heteroatoms. The van der Waals surface area contributed by atoms with Crippen LogP contribution in [0.1, 0.15) is 34.1 Å². The molecule has 0 bridgehead atoms. The number of aliphatic carboxylic acids is 1. The fourth-order valence-corrected chi connectivity index (χ4v) is 1.46. The fourth-order valence-electron chi connectivity index (χ4n) is 1.46. The molecule has 0 atom stereocenters. The first-order valence-electron chi connectivity index (χ1n) is 6.10. The van der Waals surface area contributed by atoms with Gasteiger partial charge in [0.1, 0.15) is 0 Å². The second kappa shape index (κ2) is 7.63. The number of hydrogen-bond acceptors (Lipinski definition) is 3. The number of carboxylic acid groups (broad SMARTS) is 1. The number of nitrogens with zero attached hydrogens (tertiary/aromatic N) is 1. The summed E-state index contributed by atoms with van der Waals surface area (Å²) in [4.78, 5) is 13.2. The maximum absolute atomic E-state index is 10.9. The van der Waals surface area contributed by atoms with Crippen LogP contribution in [0, 0.1) is 5.41 Å². The van der Waals surface area contributed by atoms with Crippen LogP contribution in [-0.4, -0.2) is 48.7 Å². The third-order valence-electron chi connectivity index (χ3n) is 2.74. The van der Waals surface area contributed by atoms with E-state index >= 15 is 0 Å². The van der Waals surface area contributed by atoms with E-state index in [4.69, 9.17) is 5.11 Å². The molecule has 96 valence electrons. The van der Waals surface area contributed by atoms with Gasteiger partial charge < -0.3 is 15.3 Å². The lowest BCUT2D eigenvalue weighted by atomic mass is 9.94. The van der Waals surface area contributed by atoms with Gasteiger partial charge in [0.25, 0.3) is 0 Å². The van der Waals surface area contributed by atoms with Crippen LogP contribution in [0.5, 0.6) is 0 Å². The van der Waals surface area contributed by atoms with Gasteiger partial charge in [-0.1, -0.05) is 13.8 Å². The van der Waals surface area contributed by atoms with Gasteiger partial charge in [0.15, 0.2) is 0 Å². The second-order valence-corrected chi connectivity index (χ2v) is 4.80. The van der Waals surface area contributed by atoms with Crippen molar-refractivity contribution in [3.05, 3.63) is 0 Å². The Kier molecular flexibility index (Phi) is 7.34. The highest BCUT2D eigenvalue weighted by Crippen LogP contribution is 2.12. The molecule has 0 unspecified atom stereocenters. The summed E-state index contributed by atoms with van der Waals surface area (Å²) in [5.41, 5.74) is -0.679. The Morgan fingerprint density at radius 3 is 2.38 bits per heavy atom.